The lowest BCUT2D eigenvalue weighted by Gasteiger charge is -2.45. The van der Waals surface area contributed by atoms with Crippen molar-refractivity contribution in [1.29, 1.82) is 0 Å². The number of hydrogen-bond donors (Lipinski definition) is 1. The van der Waals surface area contributed by atoms with Gasteiger partial charge in [0.05, 0.1) is 6.04 Å². The molecule has 3 nitrogen and oxygen atoms in total. The second-order valence-electron chi connectivity index (χ2n) is 5.32. The van der Waals surface area contributed by atoms with E-state index in [0.29, 0.717) is 24.0 Å². The summed E-state index contributed by atoms with van der Waals surface area (Å²) in [6, 6.07) is 1.77. The molecule has 1 aromatic rings. The minimum atomic E-state index is 0.500. The highest BCUT2D eigenvalue weighted by Crippen LogP contribution is 2.34. The number of hydrogen-bond acceptors (Lipinski definition) is 4. The van der Waals surface area contributed by atoms with E-state index in [1.54, 1.807) is 11.3 Å². The van der Waals surface area contributed by atoms with Gasteiger partial charge in [0.1, 0.15) is 5.01 Å². The Balaban J connectivity index is 2.13. The maximum atomic E-state index is 4.52. The van der Waals surface area contributed by atoms with E-state index < -0.39 is 0 Å². The molecule has 102 valence electrons. The summed E-state index contributed by atoms with van der Waals surface area (Å²) >= 11 is 1.79. The lowest BCUT2D eigenvalue weighted by Crippen LogP contribution is -2.53. The molecule has 2 rings (SSSR count). The van der Waals surface area contributed by atoms with Crippen LogP contribution in [0.2, 0.25) is 0 Å². The third-order valence-electron chi connectivity index (χ3n) is 4.51. The molecule has 1 fully saturated rings. The van der Waals surface area contributed by atoms with Crippen molar-refractivity contribution in [2.75, 3.05) is 13.6 Å². The van der Waals surface area contributed by atoms with E-state index in [1.165, 1.54) is 18.0 Å². The van der Waals surface area contributed by atoms with Crippen LogP contribution < -0.4 is 5.32 Å². The standard InChI is InChI=1S/C14H25N3S/c1-5-13(14-16-7-9-18-14)17-8-6-12(15-4)10(2)11(17)3/h7,9-13,15H,5-6,8H2,1-4H3. The summed E-state index contributed by atoms with van der Waals surface area (Å²) in [6.45, 7) is 8.18. The van der Waals surface area contributed by atoms with Crippen LogP contribution in [0, 0.1) is 5.92 Å². The van der Waals surface area contributed by atoms with Gasteiger partial charge in [-0.15, -0.1) is 11.3 Å². The minimum Gasteiger partial charge on any atom is -0.317 e. The first-order chi connectivity index (χ1) is 8.69. The largest absolute Gasteiger partial charge is 0.317 e. The van der Waals surface area contributed by atoms with Gasteiger partial charge in [0.2, 0.25) is 0 Å². The molecule has 2 heterocycles. The van der Waals surface area contributed by atoms with Gasteiger partial charge in [-0.25, -0.2) is 4.98 Å². The predicted octanol–water partition coefficient (Wildman–Crippen LogP) is 2.91. The fourth-order valence-corrected chi connectivity index (χ4v) is 4.03. The predicted molar refractivity (Wildman–Crippen MR) is 77.9 cm³/mol. The van der Waals surface area contributed by atoms with Crippen LogP contribution in [0.25, 0.3) is 0 Å². The van der Waals surface area contributed by atoms with E-state index in [2.05, 4.69) is 48.4 Å². The molecule has 0 radical (unpaired) electrons. The lowest BCUT2D eigenvalue weighted by molar-refractivity contribution is 0.0461. The molecule has 0 spiro atoms. The minimum absolute atomic E-state index is 0.500. The fraction of sp³-hybridized carbons (Fsp3) is 0.786. The number of nitrogens with one attached hydrogen (secondary N) is 1. The Morgan fingerprint density at radius 3 is 2.89 bits per heavy atom. The van der Waals surface area contributed by atoms with Crippen LogP contribution in [0.5, 0.6) is 0 Å². The SMILES string of the molecule is CCC(c1nccs1)N1CCC(NC)C(C)C1C. The number of aromatic nitrogens is 1. The van der Waals surface area contributed by atoms with Gasteiger partial charge in [-0.05, 0) is 32.7 Å². The molecule has 0 aliphatic carbocycles. The second kappa shape index (κ2) is 6.13. The zero-order chi connectivity index (χ0) is 13.1. The molecule has 18 heavy (non-hydrogen) atoms. The molecule has 0 amide bonds. The van der Waals surface area contributed by atoms with E-state index in [1.807, 2.05) is 6.20 Å². The highest BCUT2D eigenvalue weighted by atomic mass is 32.1. The van der Waals surface area contributed by atoms with Gasteiger partial charge in [0.25, 0.3) is 0 Å². The molecule has 4 heteroatoms. The molecule has 1 aromatic heterocycles. The number of rotatable bonds is 4. The van der Waals surface area contributed by atoms with E-state index >= 15 is 0 Å². The highest BCUT2D eigenvalue weighted by molar-refractivity contribution is 7.09. The molecule has 1 aliphatic rings. The normalized spacial score (nSPS) is 31.4. The molecule has 1 N–H and O–H groups in total. The molecule has 0 aromatic carbocycles. The number of thiazole rings is 1. The van der Waals surface area contributed by atoms with E-state index in [9.17, 15) is 0 Å². The summed E-state index contributed by atoms with van der Waals surface area (Å²) in [6.07, 6.45) is 4.32. The monoisotopic (exact) mass is 267 g/mol. The fourth-order valence-electron chi connectivity index (χ4n) is 3.19. The summed E-state index contributed by atoms with van der Waals surface area (Å²) in [5, 5.41) is 6.82. The quantitative estimate of drug-likeness (QED) is 0.909. The Morgan fingerprint density at radius 1 is 1.56 bits per heavy atom. The van der Waals surface area contributed by atoms with Crippen LogP contribution in [0.1, 0.15) is 44.7 Å². The molecule has 0 saturated carbocycles. The molecule has 1 aliphatic heterocycles. The van der Waals surface area contributed by atoms with Gasteiger partial charge >= 0.3 is 0 Å². The highest BCUT2D eigenvalue weighted by Gasteiger charge is 2.35. The second-order valence-corrected chi connectivity index (χ2v) is 6.24. The summed E-state index contributed by atoms with van der Waals surface area (Å²) in [7, 11) is 2.08. The summed E-state index contributed by atoms with van der Waals surface area (Å²) < 4.78 is 0. The first-order valence-corrected chi connectivity index (χ1v) is 7.89. The summed E-state index contributed by atoms with van der Waals surface area (Å²) in [4.78, 5) is 7.17. The van der Waals surface area contributed by atoms with Crippen molar-refractivity contribution in [1.82, 2.24) is 15.2 Å². The molecule has 4 unspecified atom stereocenters. The van der Waals surface area contributed by atoms with Crippen LogP contribution in [-0.2, 0) is 0 Å². The van der Waals surface area contributed by atoms with Crippen molar-refractivity contribution in [3.8, 4) is 0 Å². The van der Waals surface area contributed by atoms with Crippen molar-refractivity contribution in [3.63, 3.8) is 0 Å². The van der Waals surface area contributed by atoms with Crippen LogP contribution >= 0.6 is 11.3 Å². The first kappa shape index (κ1) is 14.0. The van der Waals surface area contributed by atoms with Crippen molar-refractivity contribution in [2.45, 2.75) is 51.7 Å². The zero-order valence-corrected chi connectivity index (χ0v) is 12.7. The lowest BCUT2D eigenvalue weighted by atomic mass is 9.86. The first-order valence-electron chi connectivity index (χ1n) is 7.01. The Kier molecular flexibility index (Phi) is 4.76. The van der Waals surface area contributed by atoms with Crippen LogP contribution in [0.3, 0.4) is 0 Å². The van der Waals surface area contributed by atoms with E-state index in [-0.39, 0.29) is 0 Å². The summed E-state index contributed by atoms with van der Waals surface area (Å²) in [5.41, 5.74) is 0. The third kappa shape index (κ3) is 2.60. The number of piperidine rings is 1. The molecule has 4 atom stereocenters. The Hall–Kier alpha value is -0.450. The summed E-state index contributed by atoms with van der Waals surface area (Å²) in [5.74, 6) is 0.692. The van der Waals surface area contributed by atoms with E-state index in [0.717, 1.165) is 6.42 Å². The number of likely N-dealkylation sites (tertiary alicyclic amines) is 1. The van der Waals surface area contributed by atoms with Crippen molar-refractivity contribution < 1.29 is 0 Å². The number of nitrogens with zero attached hydrogens (tertiary/aromatic N) is 2. The van der Waals surface area contributed by atoms with Crippen molar-refractivity contribution >= 4 is 11.3 Å². The van der Waals surface area contributed by atoms with Gasteiger partial charge in [0.15, 0.2) is 0 Å². The van der Waals surface area contributed by atoms with Gasteiger partial charge in [-0.1, -0.05) is 13.8 Å². The van der Waals surface area contributed by atoms with Crippen molar-refractivity contribution in [3.05, 3.63) is 16.6 Å². The maximum Gasteiger partial charge on any atom is 0.110 e. The smallest absolute Gasteiger partial charge is 0.110 e. The Morgan fingerprint density at radius 2 is 2.33 bits per heavy atom. The average molecular weight is 267 g/mol. The third-order valence-corrected chi connectivity index (χ3v) is 5.39. The Bertz CT molecular complexity index is 352. The average Bonchev–Trinajstić information content (AvgIpc) is 2.89. The van der Waals surface area contributed by atoms with Gasteiger partial charge in [-0.3, -0.25) is 4.90 Å². The van der Waals surface area contributed by atoms with Crippen LogP contribution in [0.4, 0.5) is 0 Å². The zero-order valence-electron chi connectivity index (χ0n) is 11.9. The van der Waals surface area contributed by atoms with Gasteiger partial charge < -0.3 is 5.32 Å². The topological polar surface area (TPSA) is 28.2 Å². The molecular formula is C14H25N3S. The van der Waals surface area contributed by atoms with Gasteiger partial charge in [-0.2, -0.15) is 0 Å². The molecule has 1 saturated heterocycles. The van der Waals surface area contributed by atoms with Gasteiger partial charge in [0, 0.05) is 30.2 Å². The Labute approximate surface area is 115 Å². The maximum absolute atomic E-state index is 4.52. The van der Waals surface area contributed by atoms with E-state index in [4.69, 9.17) is 0 Å². The van der Waals surface area contributed by atoms with Crippen LogP contribution in [0.15, 0.2) is 11.6 Å². The van der Waals surface area contributed by atoms with Crippen LogP contribution in [-0.4, -0.2) is 35.6 Å². The molecule has 0 bridgehead atoms. The molecular weight excluding hydrogens is 242 g/mol. The van der Waals surface area contributed by atoms with Crippen molar-refractivity contribution in [2.24, 2.45) is 5.92 Å².